The van der Waals surface area contributed by atoms with Gasteiger partial charge in [0.25, 0.3) is 23.6 Å². The Morgan fingerprint density at radius 3 is 1.00 bits per heavy atom. The third-order valence-corrected chi connectivity index (χ3v) is 14.1. The Balaban J connectivity index is 2.59. The summed E-state index contributed by atoms with van der Waals surface area (Å²) in [7, 11) is 0. The van der Waals surface area contributed by atoms with E-state index in [-0.39, 0.29) is 55.0 Å². The molecule has 0 fully saturated rings. The molecule has 57 heavy (non-hydrogen) atoms. The Kier molecular flexibility index (Phi) is 20.6. The highest BCUT2D eigenvalue weighted by Crippen LogP contribution is 2.38. The predicted octanol–water partition coefficient (Wildman–Crippen LogP) is -0.832. The minimum absolute atomic E-state index is 0.0336. The lowest BCUT2D eigenvalue weighted by Gasteiger charge is -2.31. The molecule has 2 aromatic carbocycles. The third-order valence-electron chi connectivity index (χ3n) is 7.66. The van der Waals surface area contributed by atoms with Crippen molar-refractivity contribution in [2.24, 2.45) is 5.41 Å². The van der Waals surface area contributed by atoms with Crippen molar-refractivity contribution in [3.05, 3.63) is 43.7 Å². The fourth-order valence-corrected chi connectivity index (χ4v) is 13.3. The summed E-state index contributed by atoms with van der Waals surface area (Å²) in [5.74, 6) is -5.38. The van der Waals surface area contributed by atoms with Crippen LogP contribution in [0.5, 0.6) is 0 Å². The minimum atomic E-state index is -2.08. The molecule has 0 bridgehead atoms. The van der Waals surface area contributed by atoms with Gasteiger partial charge in [0, 0.05) is 20.2 Å². The number of amides is 6. The molecule has 0 radical (unpaired) electrons. The van der Waals surface area contributed by atoms with Gasteiger partial charge >= 0.3 is 0 Å². The lowest BCUT2D eigenvalue weighted by Crippen LogP contribution is -2.51. The average molecular weight is 1480 g/mol. The van der Waals surface area contributed by atoms with E-state index in [4.69, 9.17) is 0 Å². The summed E-state index contributed by atoms with van der Waals surface area (Å²) < 4.78 is 0.535. The van der Waals surface area contributed by atoms with E-state index < -0.39 is 105 Å². The van der Waals surface area contributed by atoms with Crippen LogP contribution in [0.2, 0.25) is 0 Å². The second-order valence-electron chi connectivity index (χ2n) is 12.5. The molecule has 0 spiro atoms. The molecule has 26 heteroatoms. The van der Waals surface area contributed by atoms with Crippen molar-refractivity contribution in [1.82, 2.24) is 21.3 Å². The number of carbonyl (C=O) groups is 6. The fraction of sp³-hybridized carbons (Fsp3) is 0.419. The molecule has 2 atom stereocenters. The van der Waals surface area contributed by atoms with Gasteiger partial charge in [-0.3, -0.25) is 28.8 Å². The number of aliphatic hydroxyl groups excluding tert-OH is 6. The second-order valence-corrected chi connectivity index (χ2v) is 19.0. The van der Waals surface area contributed by atoms with Gasteiger partial charge in [-0.25, -0.2) is 0 Å². The fourth-order valence-electron chi connectivity index (χ4n) is 4.44. The number of hydrogen-bond acceptors (Lipinski definition) is 14. The Morgan fingerprint density at radius 1 is 0.474 bits per heavy atom. The standard InChI is InChI=1S/C31H36I6N6O14/c1-29(56,7-46)42-27(54)15-17(32)13(19(34)23(21(15)36)40-11(50)3-44)25(52)38-5-31(9-48,10-49)6-39-26(53)14-18(33)16(28(55)43-30(2,57)8-47)22(37)24(20(14)35)41-12(51)4-45/h44-49,56-57H,3-10H2,1-2H3,(H,38,52)(H,39,53)(H,40,50)(H,41,51)(H,42,54)(H,43,55). The lowest BCUT2D eigenvalue weighted by molar-refractivity contribution is -0.119. The molecule has 2 aromatic rings. The molecule has 0 aliphatic heterocycles. The van der Waals surface area contributed by atoms with E-state index in [9.17, 15) is 69.6 Å². The van der Waals surface area contributed by atoms with E-state index in [1.54, 1.807) is 136 Å². The number of rotatable bonds is 18. The van der Waals surface area contributed by atoms with Gasteiger partial charge in [0.2, 0.25) is 11.8 Å². The van der Waals surface area contributed by atoms with Gasteiger partial charge in [-0.05, 0) is 149 Å². The number of benzene rings is 2. The largest absolute Gasteiger partial charge is 0.396 e. The smallest absolute Gasteiger partial charge is 0.255 e. The molecule has 6 amide bonds. The van der Waals surface area contributed by atoms with Gasteiger partial charge in [-0.15, -0.1) is 0 Å². The van der Waals surface area contributed by atoms with E-state index in [1.807, 2.05) is 0 Å². The van der Waals surface area contributed by atoms with E-state index >= 15 is 0 Å². The number of nitrogens with one attached hydrogen (secondary N) is 6. The first-order valence-electron chi connectivity index (χ1n) is 15.7. The van der Waals surface area contributed by atoms with Crippen LogP contribution < -0.4 is 31.9 Å². The maximum atomic E-state index is 13.9. The Hall–Kier alpha value is -0.680. The molecule has 14 N–H and O–H groups in total. The third kappa shape index (κ3) is 13.2. The Labute approximate surface area is 406 Å². The number of hydrogen-bond donors (Lipinski definition) is 14. The van der Waals surface area contributed by atoms with Crippen molar-refractivity contribution in [3.8, 4) is 0 Å². The van der Waals surface area contributed by atoms with Crippen LogP contribution in [0, 0.1) is 26.8 Å². The van der Waals surface area contributed by atoms with Crippen molar-refractivity contribution in [1.29, 1.82) is 0 Å². The first-order valence-corrected chi connectivity index (χ1v) is 22.2. The molecule has 0 aromatic heterocycles. The van der Waals surface area contributed by atoms with Crippen molar-refractivity contribution in [2.75, 3.05) is 63.4 Å². The van der Waals surface area contributed by atoms with Crippen molar-refractivity contribution in [2.45, 2.75) is 25.3 Å². The summed E-state index contributed by atoms with van der Waals surface area (Å²) in [5.41, 5.74) is -6.60. The summed E-state index contributed by atoms with van der Waals surface area (Å²) in [4.78, 5) is 78.9. The molecular weight excluding hydrogens is 1440 g/mol. The average Bonchev–Trinajstić information content (AvgIpc) is 3.14. The van der Waals surface area contributed by atoms with Crippen LogP contribution in [-0.4, -0.2) is 140 Å². The van der Waals surface area contributed by atoms with Gasteiger partial charge in [0.15, 0.2) is 11.4 Å². The number of aliphatic hydroxyl groups is 8. The predicted molar refractivity (Wildman–Crippen MR) is 252 cm³/mol. The van der Waals surface area contributed by atoms with Crippen LogP contribution in [0.3, 0.4) is 0 Å². The van der Waals surface area contributed by atoms with Gasteiger partial charge in [0.05, 0.1) is 79.8 Å². The summed E-state index contributed by atoms with van der Waals surface area (Å²) >= 11 is 10.3. The molecule has 0 saturated heterocycles. The maximum Gasteiger partial charge on any atom is 0.255 e. The molecule has 0 saturated carbocycles. The topological polar surface area (TPSA) is 336 Å². The van der Waals surface area contributed by atoms with Crippen LogP contribution >= 0.6 is 136 Å². The molecule has 0 aliphatic rings. The van der Waals surface area contributed by atoms with Crippen LogP contribution in [-0.2, 0) is 9.59 Å². The zero-order valence-electron chi connectivity index (χ0n) is 29.5. The normalized spacial score (nSPS) is 13.5. The Morgan fingerprint density at radius 2 is 0.754 bits per heavy atom. The molecule has 0 heterocycles. The first kappa shape index (κ1) is 52.5. The number of carbonyl (C=O) groups excluding carboxylic acids is 6. The second kappa shape index (κ2) is 22.4. The zero-order chi connectivity index (χ0) is 43.8. The summed E-state index contributed by atoms with van der Waals surface area (Å²) in [6, 6.07) is 0. The van der Waals surface area contributed by atoms with E-state index in [1.165, 1.54) is 0 Å². The van der Waals surface area contributed by atoms with Crippen LogP contribution in [0.4, 0.5) is 11.4 Å². The molecule has 0 aliphatic carbocycles. The van der Waals surface area contributed by atoms with E-state index in [0.717, 1.165) is 13.8 Å². The quantitative estimate of drug-likeness (QED) is 0.0641. The van der Waals surface area contributed by atoms with Gasteiger partial charge in [-0.1, -0.05) is 0 Å². The van der Waals surface area contributed by atoms with Crippen LogP contribution in [0.1, 0.15) is 55.3 Å². The number of halogens is 6. The number of anilines is 2. The lowest BCUT2D eigenvalue weighted by atomic mass is 9.89. The maximum absolute atomic E-state index is 13.9. The van der Waals surface area contributed by atoms with Crippen LogP contribution in [0.15, 0.2) is 0 Å². The Bertz CT molecular complexity index is 1800. The molecule has 316 valence electrons. The zero-order valence-corrected chi connectivity index (χ0v) is 42.4. The summed E-state index contributed by atoms with van der Waals surface area (Å²) in [6.07, 6.45) is 0. The highest BCUT2D eigenvalue weighted by molar-refractivity contribution is 14.1. The molecule has 2 rings (SSSR count). The van der Waals surface area contributed by atoms with Gasteiger partial charge in [-0.2, -0.15) is 0 Å². The van der Waals surface area contributed by atoms with Gasteiger partial charge < -0.3 is 72.8 Å². The minimum Gasteiger partial charge on any atom is -0.396 e. The summed E-state index contributed by atoms with van der Waals surface area (Å²) in [5, 5.41) is 93.7. The van der Waals surface area contributed by atoms with Gasteiger partial charge in [0.1, 0.15) is 13.2 Å². The van der Waals surface area contributed by atoms with Crippen LogP contribution in [0.25, 0.3) is 0 Å². The van der Waals surface area contributed by atoms with Crippen molar-refractivity contribution in [3.63, 3.8) is 0 Å². The SMILES string of the molecule is CC(O)(CO)NC(=O)c1c(I)c(NC(=O)CO)c(I)c(C(=O)NCC(CO)(CO)CNC(=O)c2c(I)c(NC(=O)CO)c(I)c(C(=O)NC(C)(O)CO)c2I)c1I. The first-order chi connectivity index (χ1) is 26.4. The highest BCUT2D eigenvalue weighted by atomic mass is 127. The molecule has 2 unspecified atom stereocenters. The van der Waals surface area contributed by atoms with E-state index in [2.05, 4.69) is 31.9 Å². The highest BCUT2D eigenvalue weighted by Gasteiger charge is 2.36. The molecule has 20 nitrogen and oxygen atoms in total. The van der Waals surface area contributed by atoms with E-state index in [0.29, 0.717) is 0 Å². The summed E-state index contributed by atoms with van der Waals surface area (Å²) in [6.45, 7) is -4.00. The van der Waals surface area contributed by atoms with Crippen molar-refractivity contribution < 1.29 is 69.6 Å². The molecular formula is C31H36I6N6O14. The monoisotopic (exact) mass is 1480 g/mol. The van der Waals surface area contributed by atoms with Crippen molar-refractivity contribution >= 4 is 182 Å².